The van der Waals surface area contributed by atoms with Crippen molar-refractivity contribution >= 4 is 5.91 Å². The van der Waals surface area contributed by atoms with Crippen LogP contribution < -0.4 is 5.32 Å². The molecule has 2 aromatic carbocycles. The second kappa shape index (κ2) is 9.82. The maximum atomic E-state index is 12.5. The highest BCUT2D eigenvalue weighted by molar-refractivity contribution is 5.92. The Morgan fingerprint density at radius 2 is 2.03 bits per heavy atom. The monoisotopic (exact) mass is 417 g/mol. The number of carbonyl (C=O) groups excluding carboxylic acids is 1. The minimum Gasteiger partial charge on any atom is -0.459 e. The first-order valence-electron chi connectivity index (χ1n) is 10.7. The van der Waals surface area contributed by atoms with Gasteiger partial charge in [-0.05, 0) is 53.2 Å². The second-order valence-corrected chi connectivity index (χ2v) is 7.86. The van der Waals surface area contributed by atoms with Crippen LogP contribution in [0.4, 0.5) is 0 Å². The number of nitrogens with one attached hydrogen (secondary N) is 1. The smallest absolute Gasteiger partial charge is 0.286 e. The maximum absolute atomic E-state index is 12.5. The number of rotatable bonds is 8. The largest absolute Gasteiger partial charge is 0.459 e. The van der Waals surface area contributed by atoms with E-state index in [-0.39, 0.29) is 30.7 Å². The number of aliphatic hydroxyl groups is 1. The molecule has 1 amide bonds. The van der Waals surface area contributed by atoms with Crippen molar-refractivity contribution in [3.63, 3.8) is 0 Å². The first-order valence-corrected chi connectivity index (χ1v) is 10.7. The molecule has 160 valence electrons. The van der Waals surface area contributed by atoms with Crippen LogP contribution in [0.5, 0.6) is 0 Å². The Bertz CT molecular complexity index is 1020. The summed E-state index contributed by atoms with van der Waals surface area (Å²) in [7, 11) is 0. The molecule has 0 radical (unpaired) electrons. The lowest BCUT2D eigenvalue weighted by Crippen LogP contribution is -2.33. The number of carbonyl (C=O) groups is 1. The minimum absolute atomic E-state index is 0.00260. The average Bonchev–Trinajstić information content (AvgIpc) is 3.18. The second-order valence-electron chi connectivity index (χ2n) is 7.86. The molecule has 0 spiro atoms. The van der Waals surface area contributed by atoms with Crippen molar-refractivity contribution in [2.45, 2.75) is 37.9 Å². The number of fused-ring (bicyclic) bond motifs is 3. The lowest BCUT2D eigenvalue weighted by atomic mass is 9.90. The molecule has 2 aliphatic rings. The molecule has 0 saturated heterocycles. The fraction of sp³-hybridized carbons (Fsp3) is 0.346. The summed E-state index contributed by atoms with van der Waals surface area (Å²) >= 11 is 0. The predicted molar refractivity (Wildman–Crippen MR) is 119 cm³/mol. The minimum atomic E-state index is -0.522. The molecule has 5 heteroatoms. The van der Waals surface area contributed by atoms with E-state index in [1.165, 1.54) is 22.3 Å². The molecule has 0 unspecified atom stereocenters. The van der Waals surface area contributed by atoms with E-state index >= 15 is 0 Å². The molecule has 2 atom stereocenters. The van der Waals surface area contributed by atoms with Gasteiger partial charge in [-0.15, -0.1) is 6.42 Å². The first kappa shape index (κ1) is 21.2. The van der Waals surface area contributed by atoms with Gasteiger partial charge in [0.2, 0.25) is 6.29 Å². The van der Waals surface area contributed by atoms with Crippen LogP contribution in [0.25, 0.3) is 11.1 Å². The van der Waals surface area contributed by atoms with Crippen LogP contribution in [-0.4, -0.2) is 37.1 Å². The lowest BCUT2D eigenvalue weighted by Gasteiger charge is -2.29. The number of terminal acetylenes is 1. The standard InChI is InChI=1S/C26H27NO4/c1-2-11-27-26(29)24-16-20(17-25(31-24)30-13-6-5-12-28)18-9-10-23-21(14-18)15-19-7-3-4-8-22(19)23/h1,3-4,7-10,14,16,20,25,28H,5-6,11-13,15,17H2,(H,27,29)/t20-,25+/m1/s1. The van der Waals surface area contributed by atoms with E-state index in [0.29, 0.717) is 19.4 Å². The van der Waals surface area contributed by atoms with Gasteiger partial charge >= 0.3 is 0 Å². The fourth-order valence-corrected chi connectivity index (χ4v) is 4.19. The van der Waals surface area contributed by atoms with E-state index in [1.54, 1.807) is 0 Å². The molecule has 0 saturated carbocycles. The molecule has 5 nitrogen and oxygen atoms in total. The van der Waals surface area contributed by atoms with Crippen molar-refractivity contribution in [2.24, 2.45) is 0 Å². The van der Waals surface area contributed by atoms with E-state index in [1.807, 2.05) is 6.08 Å². The van der Waals surface area contributed by atoms with Crippen molar-refractivity contribution in [2.75, 3.05) is 19.8 Å². The molecule has 2 aromatic rings. The third kappa shape index (κ3) is 4.82. The Balaban J connectivity index is 1.55. The van der Waals surface area contributed by atoms with Gasteiger partial charge in [0.15, 0.2) is 5.76 Å². The number of hydrogen-bond donors (Lipinski definition) is 2. The zero-order chi connectivity index (χ0) is 21.6. The molecule has 1 aliphatic carbocycles. The normalized spacial score (nSPS) is 18.9. The number of ether oxygens (including phenoxy) is 2. The van der Waals surface area contributed by atoms with Crippen molar-refractivity contribution in [1.29, 1.82) is 0 Å². The van der Waals surface area contributed by atoms with Gasteiger partial charge in [0, 0.05) is 18.9 Å². The zero-order valence-electron chi connectivity index (χ0n) is 17.5. The Morgan fingerprint density at radius 1 is 1.19 bits per heavy atom. The van der Waals surface area contributed by atoms with Gasteiger partial charge in [-0.25, -0.2) is 0 Å². The Morgan fingerprint density at radius 3 is 2.87 bits per heavy atom. The number of amides is 1. The van der Waals surface area contributed by atoms with Crippen molar-refractivity contribution in [1.82, 2.24) is 5.32 Å². The van der Waals surface area contributed by atoms with Crippen LogP contribution in [-0.2, 0) is 20.7 Å². The molecule has 0 bridgehead atoms. The lowest BCUT2D eigenvalue weighted by molar-refractivity contribution is -0.146. The molecule has 31 heavy (non-hydrogen) atoms. The summed E-state index contributed by atoms with van der Waals surface area (Å²) in [5.41, 5.74) is 6.36. The van der Waals surface area contributed by atoms with E-state index < -0.39 is 6.29 Å². The average molecular weight is 418 g/mol. The summed E-state index contributed by atoms with van der Waals surface area (Å²) in [6, 6.07) is 15.0. The summed E-state index contributed by atoms with van der Waals surface area (Å²) in [5.74, 6) is 2.31. The molecule has 1 heterocycles. The van der Waals surface area contributed by atoms with E-state index in [9.17, 15) is 4.79 Å². The topological polar surface area (TPSA) is 67.8 Å². The Kier molecular flexibility index (Phi) is 6.71. The molecular weight excluding hydrogens is 390 g/mol. The number of hydrogen-bond acceptors (Lipinski definition) is 4. The van der Waals surface area contributed by atoms with Crippen LogP contribution in [0.15, 0.2) is 54.3 Å². The predicted octanol–water partition coefficient (Wildman–Crippen LogP) is 3.51. The highest BCUT2D eigenvalue weighted by Crippen LogP contribution is 2.39. The zero-order valence-corrected chi connectivity index (χ0v) is 17.5. The van der Waals surface area contributed by atoms with E-state index in [2.05, 4.69) is 53.7 Å². The fourth-order valence-electron chi connectivity index (χ4n) is 4.19. The van der Waals surface area contributed by atoms with Crippen LogP contribution >= 0.6 is 0 Å². The molecular formula is C26H27NO4. The van der Waals surface area contributed by atoms with Gasteiger partial charge in [-0.1, -0.05) is 48.4 Å². The molecule has 2 N–H and O–H groups in total. The van der Waals surface area contributed by atoms with Gasteiger partial charge in [0.05, 0.1) is 13.2 Å². The Hall–Kier alpha value is -3.07. The highest BCUT2D eigenvalue weighted by Gasteiger charge is 2.29. The van der Waals surface area contributed by atoms with Crippen molar-refractivity contribution < 1.29 is 19.4 Å². The summed E-state index contributed by atoms with van der Waals surface area (Å²) in [6.45, 7) is 0.745. The summed E-state index contributed by atoms with van der Waals surface area (Å²) in [6.07, 6.45) is 9.56. The maximum Gasteiger partial charge on any atom is 0.286 e. The van der Waals surface area contributed by atoms with Gasteiger partial charge in [-0.3, -0.25) is 4.79 Å². The van der Waals surface area contributed by atoms with E-state index in [0.717, 1.165) is 18.4 Å². The van der Waals surface area contributed by atoms with Crippen molar-refractivity contribution in [3.8, 4) is 23.5 Å². The number of benzene rings is 2. The molecule has 4 rings (SSSR count). The Labute approximate surface area is 183 Å². The van der Waals surface area contributed by atoms with Crippen LogP contribution in [0.3, 0.4) is 0 Å². The summed E-state index contributed by atoms with van der Waals surface area (Å²) in [4.78, 5) is 12.5. The highest BCUT2D eigenvalue weighted by atomic mass is 16.7. The molecule has 0 fully saturated rings. The molecule has 1 aliphatic heterocycles. The van der Waals surface area contributed by atoms with Gasteiger partial charge in [-0.2, -0.15) is 0 Å². The SMILES string of the molecule is C#CCNC(=O)C1=C[C@@H](c2ccc3c(c2)Cc2ccccc2-3)C[C@@H](OCCCCO)O1. The van der Waals surface area contributed by atoms with Crippen LogP contribution in [0.1, 0.15) is 41.9 Å². The van der Waals surface area contributed by atoms with E-state index in [4.69, 9.17) is 21.0 Å². The number of allylic oxidation sites excluding steroid dienone is 1. The van der Waals surface area contributed by atoms with Gasteiger partial charge in [0.1, 0.15) is 0 Å². The third-order valence-electron chi connectivity index (χ3n) is 5.73. The number of unbranched alkanes of at least 4 members (excludes halogenated alkanes) is 1. The quantitative estimate of drug-likeness (QED) is 0.435. The first-order chi connectivity index (χ1) is 15.2. The van der Waals surface area contributed by atoms with Crippen LogP contribution in [0, 0.1) is 12.3 Å². The summed E-state index contributed by atoms with van der Waals surface area (Å²) < 4.78 is 11.7. The van der Waals surface area contributed by atoms with Crippen molar-refractivity contribution in [3.05, 3.63) is 71.0 Å². The summed E-state index contributed by atoms with van der Waals surface area (Å²) in [5, 5.41) is 11.6. The van der Waals surface area contributed by atoms with Gasteiger partial charge in [0.25, 0.3) is 5.91 Å². The van der Waals surface area contributed by atoms with Crippen LogP contribution in [0.2, 0.25) is 0 Å². The third-order valence-corrected chi connectivity index (χ3v) is 5.73. The number of aliphatic hydroxyl groups excluding tert-OH is 1. The van der Waals surface area contributed by atoms with Gasteiger partial charge < -0.3 is 19.9 Å². The molecule has 0 aromatic heterocycles.